The predicted octanol–water partition coefficient (Wildman–Crippen LogP) is 5.70. The number of aromatic nitrogens is 1. The average Bonchev–Trinajstić information content (AvgIpc) is 3.36. The molecule has 0 amide bonds. The quantitative estimate of drug-likeness (QED) is 0.474. The first kappa shape index (κ1) is 21.8. The second kappa shape index (κ2) is 8.96. The number of carbonyl (C=O) groups is 1. The summed E-state index contributed by atoms with van der Waals surface area (Å²) in [5.74, 6) is 0.200. The molecule has 3 aromatic rings. The minimum Gasteiger partial charge on any atom is -0.510 e. The van der Waals surface area contributed by atoms with Crippen LogP contribution in [0.1, 0.15) is 34.8 Å². The first-order valence-corrected chi connectivity index (χ1v) is 11.3. The number of anilines is 1. The van der Waals surface area contributed by atoms with Gasteiger partial charge in [0.25, 0.3) is 0 Å². The van der Waals surface area contributed by atoms with E-state index in [9.17, 15) is 9.90 Å². The Morgan fingerprint density at radius 1 is 1.19 bits per heavy atom. The van der Waals surface area contributed by atoms with Gasteiger partial charge in [-0.3, -0.25) is 5.41 Å². The van der Waals surface area contributed by atoms with Crippen molar-refractivity contribution in [3.05, 3.63) is 75.8 Å². The molecule has 0 bridgehead atoms. The van der Waals surface area contributed by atoms with Gasteiger partial charge in [-0.1, -0.05) is 43.7 Å². The van der Waals surface area contributed by atoms with Crippen LogP contribution in [0.4, 0.5) is 5.69 Å². The van der Waals surface area contributed by atoms with Crippen LogP contribution in [-0.4, -0.2) is 35.0 Å². The second-order valence-electron chi connectivity index (χ2n) is 8.20. The molecular formula is C25H25N3O3S. The number of ether oxygens (including phenoxy) is 1. The minimum absolute atomic E-state index is 0.111. The molecule has 164 valence electrons. The van der Waals surface area contributed by atoms with Gasteiger partial charge < -0.3 is 14.7 Å². The van der Waals surface area contributed by atoms with Crippen molar-refractivity contribution in [3.63, 3.8) is 0 Å². The third kappa shape index (κ3) is 4.43. The Kier molecular flexibility index (Phi) is 6.10. The summed E-state index contributed by atoms with van der Waals surface area (Å²) >= 11 is 1.41. The summed E-state index contributed by atoms with van der Waals surface area (Å²) in [6, 6.07) is 15.0. The molecule has 0 aliphatic carbocycles. The number of amidine groups is 1. The fourth-order valence-corrected chi connectivity index (χ4v) is 4.27. The molecule has 0 unspecified atom stereocenters. The lowest BCUT2D eigenvalue weighted by Gasteiger charge is -2.19. The van der Waals surface area contributed by atoms with Crippen molar-refractivity contribution in [1.29, 1.82) is 5.41 Å². The van der Waals surface area contributed by atoms with Gasteiger partial charge in [0.1, 0.15) is 16.6 Å². The Hall–Kier alpha value is -3.45. The third-order valence-corrected chi connectivity index (χ3v) is 5.99. The maximum atomic E-state index is 12.1. The van der Waals surface area contributed by atoms with Gasteiger partial charge in [-0.05, 0) is 37.1 Å². The monoisotopic (exact) mass is 447 g/mol. The van der Waals surface area contributed by atoms with Gasteiger partial charge >= 0.3 is 5.97 Å². The molecule has 4 rings (SSSR count). The Bertz CT molecular complexity index is 1180. The largest absolute Gasteiger partial charge is 0.510 e. The molecule has 2 heterocycles. The molecule has 0 saturated carbocycles. The number of aliphatic hydroxyl groups excluding tert-OH is 1. The van der Waals surface area contributed by atoms with E-state index in [1.54, 1.807) is 29.2 Å². The second-order valence-corrected chi connectivity index (χ2v) is 9.06. The molecule has 1 aliphatic rings. The van der Waals surface area contributed by atoms with Gasteiger partial charge in [-0.25, -0.2) is 9.78 Å². The van der Waals surface area contributed by atoms with E-state index in [-0.39, 0.29) is 30.0 Å². The molecule has 2 aromatic carbocycles. The standard InChI is InChI=1S/C25H25N3O3S/c1-15(2)13-31-25(30)18-8-10-19(11-9-18)28-12-21(29)22(23(28)26)24-27-20(14-32-24)17-6-4-16(3)5-7-17/h4-11,14-15,26,29H,12-13H2,1-3H3. The maximum Gasteiger partial charge on any atom is 0.338 e. The molecule has 1 aliphatic heterocycles. The zero-order valence-corrected chi connectivity index (χ0v) is 19.1. The van der Waals surface area contributed by atoms with Crippen LogP contribution < -0.4 is 4.90 Å². The van der Waals surface area contributed by atoms with Crippen LogP contribution in [0.5, 0.6) is 0 Å². The molecule has 0 saturated heterocycles. The number of aryl methyl sites for hydroxylation is 1. The molecule has 6 nitrogen and oxygen atoms in total. The summed E-state index contributed by atoms with van der Waals surface area (Å²) in [5.41, 5.74) is 4.61. The molecule has 32 heavy (non-hydrogen) atoms. The topological polar surface area (TPSA) is 86.5 Å². The van der Waals surface area contributed by atoms with Gasteiger partial charge in [0.15, 0.2) is 0 Å². The Labute approximate surface area is 191 Å². The Balaban J connectivity index is 1.50. The zero-order valence-electron chi connectivity index (χ0n) is 18.3. The van der Waals surface area contributed by atoms with Crippen molar-refractivity contribution in [3.8, 4) is 11.3 Å². The van der Waals surface area contributed by atoms with Crippen molar-refractivity contribution in [2.24, 2.45) is 5.92 Å². The van der Waals surface area contributed by atoms with Gasteiger partial charge in [-0.2, -0.15) is 0 Å². The lowest BCUT2D eigenvalue weighted by molar-refractivity contribution is 0.0459. The number of hydrogen-bond donors (Lipinski definition) is 2. The lowest BCUT2D eigenvalue weighted by Crippen LogP contribution is -2.26. The lowest BCUT2D eigenvalue weighted by atomic mass is 10.1. The number of nitrogens with one attached hydrogen (secondary N) is 1. The van der Waals surface area contributed by atoms with E-state index in [1.807, 2.05) is 50.4 Å². The Morgan fingerprint density at radius 2 is 1.88 bits per heavy atom. The first-order chi connectivity index (χ1) is 15.3. The normalized spacial score (nSPS) is 13.9. The van der Waals surface area contributed by atoms with E-state index in [4.69, 9.17) is 10.1 Å². The summed E-state index contributed by atoms with van der Waals surface area (Å²) in [7, 11) is 0. The number of benzene rings is 2. The average molecular weight is 448 g/mol. The molecule has 0 fully saturated rings. The van der Waals surface area contributed by atoms with Crippen molar-refractivity contribution in [1.82, 2.24) is 4.98 Å². The van der Waals surface area contributed by atoms with Crippen LogP contribution in [0.2, 0.25) is 0 Å². The van der Waals surface area contributed by atoms with E-state index < -0.39 is 0 Å². The van der Waals surface area contributed by atoms with Crippen molar-refractivity contribution in [2.75, 3.05) is 18.1 Å². The molecule has 0 spiro atoms. The van der Waals surface area contributed by atoms with Crippen LogP contribution in [0.3, 0.4) is 0 Å². The van der Waals surface area contributed by atoms with E-state index in [0.29, 0.717) is 28.4 Å². The summed E-state index contributed by atoms with van der Waals surface area (Å²) in [6.07, 6.45) is 0. The highest BCUT2D eigenvalue weighted by molar-refractivity contribution is 7.11. The van der Waals surface area contributed by atoms with Crippen LogP contribution in [0, 0.1) is 18.3 Å². The summed E-state index contributed by atoms with van der Waals surface area (Å²) in [4.78, 5) is 18.5. The Morgan fingerprint density at radius 3 is 2.53 bits per heavy atom. The van der Waals surface area contributed by atoms with E-state index in [1.165, 1.54) is 16.9 Å². The molecule has 0 atom stereocenters. The van der Waals surface area contributed by atoms with E-state index in [2.05, 4.69) is 4.98 Å². The summed E-state index contributed by atoms with van der Waals surface area (Å²) in [6.45, 7) is 6.56. The number of nitrogens with zero attached hydrogens (tertiary/aromatic N) is 2. The van der Waals surface area contributed by atoms with E-state index in [0.717, 1.165) is 11.3 Å². The first-order valence-electron chi connectivity index (χ1n) is 10.4. The molecule has 0 radical (unpaired) electrons. The molecule has 2 N–H and O–H groups in total. The highest BCUT2D eigenvalue weighted by atomic mass is 32.1. The number of esters is 1. The third-order valence-electron chi connectivity index (χ3n) is 5.13. The molecule has 7 heteroatoms. The highest BCUT2D eigenvalue weighted by Crippen LogP contribution is 2.34. The van der Waals surface area contributed by atoms with Gasteiger partial charge in [0.2, 0.25) is 0 Å². The van der Waals surface area contributed by atoms with Gasteiger partial charge in [0, 0.05) is 16.6 Å². The van der Waals surface area contributed by atoms with Crippen LogP contribution in [0.15, 0.2) is 59.7 Å². The number of hydrogen-bond acceptors (Lipinski definition) is 6. The van der Waals surface area contributed by atoms with Crippen LogP contribution in [0.25, 0.3) is 16.8 Å². The van der Waals surface area contributed by atoms with Crippen molar-refractivity contribution >= 4 is 34.4 Å². The smallest absolute Gasteiger partial charge is 0.338 e. The zero-order chi connectivity index (χ0) is 22.8. The van der Waals surface area contributed by atoms with Gasteiger partial charge in [0.05, 0.1) is 30.0 Å². The fourth-order valence-electron chi connectivity index (χ4n) is 3.37. The maximum absolute atomic E-state index is 12.1. The SMILES string of the molecule is Cc1ccc(-c2csc(C3=C(O)CN(c4ccc(C(=O)OCC(C)C)cc4)C3=N)n2)cc1. The van der Waals surface area contributed by atoms with Crippen molar-refractivity contribution < 1.29 is 14.6 Å². The molecular weight excluding hydrogens is 422 g/mol. The van der Waals surface area contributed by atoms with Crippen LogP contribution in [-0.2, 0) is 4.74 Å². The summed E-state index contributed by atoms with van der Waals surface area (Å²) in [5, 5.41) is 21.8. The van der Waals surface area contributed by atoms with Crippen LogP contribution >= 0.6 is 11.3 Å². The number of aliphatic hydroxyl groups is 1. The fraction of sp³-hybridized carbons (Fsp3) is 0.240. The number of carbonyl (C=O) groups excluding carboxylic acids is 1. The molecule has 1 aromatic heterocycles. The van der Waals surface area contributed by atoms with Crippen molar-refractivity contribution in [2.45, 2.75) is 20.8 Å². The van der Waals surface area contributed by atoms with E-state index >= 15 is 0 Å². The number of thiazole rings is 1. The minimum atomic E-state index is -0.366. The van der Waals surface area contributed by atoms with Gasteiger partial charge in [-0.15, -0.1) is 11.3 Å². The number of rotatable bonds is 6. The predicted molar refractivity (Wildman–Crippen MR) is 128 cm³/mol. The summed E-state index contributed by atoms with van der Waals surface area (Å²) < 4.78 is 5.26. The highest BCUT2D eigenvalue weighted by Gasteiger charge is 2.31.